The maximum Gasteiger partial charge on any atom is 0.137 e. The van der Waals surface area contributed by atoms with Crippen LogP contribution in [-0.4, -0.2) is 4.57 Å². The third kappa shape index (κ3) is 5.23. The third-order valence-corrected chi connectivity index (χ3v) is 13.4. The second kappa shape index (κ2) is 12.7. The summed E-state index contributed by atoms with van der Waals surface area (Å²) in [6.07, 6.45) is 2.32. The number of fused-ring (bicyclic) bond motifs is 10. The number of nitrogens with zero attached hydrogens (tertiary/aromatic N) is 2. The van der Waals surface area contributed by atoms with Gasteiger partial charge in [0.1, 0.15) is 22.3 Å². The Hall–Kier alpha value is -7.04. The monoisotopic (exact) mass is 776 g/mol. The normalized spacial score (nSPS) is 14.8. The standard InChI is InChI=1S/C56H44N2O2/c1-55(2)30-31-56(3,4)54-46(55)15-11-17-48(54)58-47-16-8-5-12-40(47)41-28-25-38(33-49(41)58)57(39-26-29-45-43-14-7-10-19-51(43)60-53(45)34-39)37-23-20-35(21-24-37)36-22-27-44-42-13-6-9-18-50(42)59-52(44)32-36/h5-29,32-34H,30-31H2,1-4H3. The highest BCUT2D eigenvalue weighted by Gasteiger charge is 2.39. The van der Waals surface area contributed by atoms with Gasteiger partial charge >= 0.3 is 0 Å². The molecule has 0 bridgehead atoms. The van der Waals surface area contributed by atoms with E-state index in [2.05, 4.69) is 183 Å². The average molecular weight is 777 g/mol. The highest BCUT2D eigenvalue weighted by atomic mass is 16.3. The smallest absolute Gasteiger partial charge is 0.137 e. The SMILES string of the molecule is CC1(C)CCC(C)(C)c2c(-n3c4ccccc4c4ccc(N(c5ccc(-c6ccc7c(c6)oc6ccccc67)cc5)c5ccc6c(c5)oc5ccccc56)cc43)cccc21. The Morgan fingerprint density at radius 2 is 0.950 bits per heavy atom. The molecule has 0 spiro atoms. The van der Waals surface area contributed by atoms with Crippen LogP contribution in [0.3, 0.4) is 0 Å². The molecule has 0 amide bonds. The van der Waals surface area contributed by atoms with Crippen molar-refractivity contribution in [3.63, 3.8) is 0 Å². The van der Waals surface area contributed by atoms with Crippen LogP contribution in [0.4, 0.5) is 17.1 Å². The molecule has 0 aliphatic heterocycles. The highest BCUT2D eigenvalue weighted by molar-refractivity contribution is 6.11. The molecule has 0 fully saturated rings. The van der Waals surface area contributed by atoms with Crippen molar-refractivity contribution >= 4 is 82.7 Å². The van der Waals surface area contributed by atoms with Gasteiger partial charge < -0.3 is 18.3 Å². The molecule has 8 aromatic carbocycles. The van der Waals surface area contributed by atoms with Crippen molar-refractivity contribution in [1.82, 2.24) is 4.57 Å². The summed E-state index contributed by atoms with van der Waals surface area (Å²) in [5.74, 6) is 0. The number of anilines is 3. The minimum atomic E-state index is 0.0292. The number of hydrogen-bond donors (Lipinski definition) is 0. The molecule has 1 aliphatic carbocycles. The van der Waals surface area contributed by atoms with Crippen molar-refractivity contribution in [2.75, 3.05) is 4.90 Å². The predicted molar refractivity (Wildman–Crippen MR) is 251 cm³/mol. The van der Waals surface area contributed by atoms with Crippen LogP contribution in [-0.2, 0) is 10.8 Å². The van der Waals surface area contributed by atoms with Gasteiger partial charge in [0.25, 0.3) is 0 Å². The van der Waals surface area contributed by atoms with Crippen LogP contribution in [0.15, 0.2) is 179 Å². The van der Waals surface area contributed by atoms with Gasteiger partial charge in [0.2, 0.25) is 0 Å². The quantitative estimate of drug-likeness (QED) is 0.175. The van der Waals surface area contributed by atoms with Crippen molar-refractivity contribution < 1.29 is 8.83 Å². The van der Waals surface area contributed by atoms with Crippen LogP contribution in [0.25, 0.3) is 82.5 Å². The largest absolute Gasteiger partial charge is 0.456 e. The molecule has 1 aliphatic rings. The Labute approximate surface area is 348 Å². The zero-order valence-electron chi connectivity index (χ0n) is 34.3. The number of hydrogen-bond acceptors (Lipinski definition) is 3. The lowest BCUT2D eigenvalue weighted by Crippen LogP contribution is -2.35. The number of rotatable bonds is 5. The third-order valence-electron chi connectivity index (χ3n) is 13.4. The van der Waals surface area contributed by atoms with E-state index in [0.29, 0.717) is 0 Å². The van der Waals surface area contributed by atoms with Crippen LogP contribution in [0.5, 0.6) is 0 Å². The van der Waals surface area contributed by atoms with Crippen molar-refractivity contribution in [1.29, 1.82) is 0 Å². The van der Waals surface area contributed by atoms with Crippen molar-refractivity contribution in [2.45, 2.75) is 51.4 Å². The first-order chi connectivity index (χ1) is 29.2. The molecule has 0 unspecified atom stereocenters. The second-order valence-corrected chi connectivity index (χ2v) is 18.0. The van der Waals surface area contributed by atoms with Crippen LogP contribution >= 0.6 is 0 Å². The molecule has 0 saturated heterocycles. The molecular weight excluding hydrogens is 733 g/mol. The number of aromatic nitrogens is 1. The Kier molecular flexibility index (Phi) is 7.41. The molecule has 4 nitrogen and oxygen atoms in total. The van der Waals surface area contributed by atoms with E-state index in [4.69, 9.17) is 8.83 Å². The summed E-state index contributed by atoms with van der Waals surface area (Å²) < 4.78 is 15.3. The summed E-state index contributed by atoms with van der Waals surface area (Å²) >= 11 is 0. The van der Waals surface area contributed by atoms with Crippen molar-refractivity contribution in [3.05, 3.63) is 181 Å². The van der Waals surface area contributed by atoms with Gasteiger partial charge in [-0.25, -0.2) is 0 Å². The summed E-state index contributed by atoms with van der Waals surface area (Å²) in [6.45, 7) is 9.68. The van der Waals surface area contributed by atoms with Gasteiger partial charge in [-0.2, -0.15) is 0 Å². The van der Waals surface area contributed by atoms with E-state index in [1.807, 2.05) is 24.3 Å². The Bertz CT molecular complexity index is 3500. The lowest BCUT2D eigenvalue weighted by atomic mass is 9.62. The van der Waals surface area contributed by atoms with Gasteiger partial charge in [0, 0.05) is 55.4 Å². The molecule has 3 heterocycles. The zero-order valence-corrected chi connectivity index (χ0v) is 34.3. The molecule has 290 valence electrons. The molecule has 0 atom stereocenters. The highest BCUT2D eigenvalue weighted by Crippen LogP contribution is 2.50. The first kappa shape index (κ1) is 35.0. The molecule has 0 radical (unpaired) electrons. The van der Waals surface area contributed by atoms with Crippen LogP contribution in [0, 0.1) is 0 Å². The van der Waals surface area contributed by atoms with Crippen LogP contribution < -0.4 is 4.90 Å². The van der Waals surface area contributed by atoms with Gasteiger partial charge in [-0.1, -0.05) is 119 Å². The molecule has 60 heavy (non-hydrogen) atoms. The van der Waals surface area contributed by atoms with Crippen LogP contribution in [0.2, 0.25) is 0 Å². The summed E-state index contributed by atoms with van der Waals surface area (Å²) in [5.41, 5.74) is 15.7. The Morgan fingerprint density at radius 1 is 0.417 bits per heavy atom. The summed E-state index contributed by atoms with van der Waals surface area (Å²) in [7, 11) is 0. The van der Waals surface area contributed by atoms with E-state index in [1.165, 1.54) is 45.0 Å². The summed E-state index contributed by atoms with van der Waals surface area (Å²) in [5, 5.41) is 7.01. The Morgan fingerprint density at radius 3 is 1.68 bits per heavy atom. The van der Waals surface area contributed by atoms with Gasteiger partial charge in [-0.3, -0.25) is 0 Å². The lowest BCUT2D eigenvalue weighted by Gasteiger charge is -2.43. The van der Waals surface area contributed by atoms with E-state index in [9.17, 15) is 0 Å². The van der Waals surface area contributed by atoms with Crippen molar-refractivity contribution in [2.24, 2.45) is 0 Å². The molecular formula is C56H44N2O2. The molecule has 3 aromatic heterocycles. The minimum absolute atomic E-state index is 0.0292. The summed E-state index contributed by atoms with van der Waals surface area (Å²) in [6, 6.07) is 61.5. The van der Waals surface area contributed by atoms with Crippen LogP contribution in [0.1, 0.15) is 51.7 Å². The fourth-order valence-electron chi connectivity index (χ4n) is 10.3. The van der Waals surface area contributed by atoms with Gasteiger partial charge in [-0.05, 0) is 119 Å². The fourth-order valence-corrected chi connectivity index (χ4v) is 10.3. The molecule has 0 saturated carbocycles. The van der Waals surface area contributed by atoms with Gasteiger partial charge in [0.15, 0.2) is 0 Å². The average Bonchev–Trinajstić information content (AvgIpc) is 3.94. The topological polar surface area (TPSA) is 34.5 Å². The van der Waals surface area contributed by atoms with E-state index < -0.39 is 0 Å². The number of benzene rings is 8. The number of furan rings is 2. The van der Waals surface area contributed by atoms with E-state index in [0.717, 1.165) is 78.5 Å². The maximum absolute atomic E-state index is 6.49. The zero-order chi connectivity index (χ0) is 40.3. The minimum Gasteiger partial charge on any atom is -0.456 e. The molecule has 4 heteroatoms. The predicted octanol–water partition coefficient (Wildman–Crippen LogP) is 16.1. The number of para-hydroxylation sites is 3. The molecule has 11 aromatic rings. The molecule has 0 N–H and O–H groups in total. The van der Waals surface area contributed by atoms with Gasteiger partial charge in [-0.15, -0.1) is 0 Å². The molecule has 12 rings (SSSR count). The Balaban J connectivity index is 1.06. The summed E-state index contributed by atoms with van der Waals surface area (Å²) in [4.78, 5) is 2.37. The van der Waals surface area contributed by atoms with E-state index >= 15 is 0 Å². The van der Waals surface area contributed by atoms with E-state index in [-0.39, 0.29) is 10.8 Å². The van der Waals surface area contributed by atoms with Crippen molar-refractivity contribution in [3.8, 4) is 16.8 Å². The lowest BCUT2D eigenvalue weighted by molar-refractivity contribution is 0.331. The van der Waals surface area contributed by atoms with Gasteiger partial charge in [0.05, 0.1) is 16.7 Å². The first-order valence-electron chi connectivity index (χ1n) is 21.1. The maximum atomic E-state index is 6.49. The second-order valence-electron chi connectivity index (χ2n) is 18.0. The van der Waals surface area contributed by atoms with E-state index in [1.54, 1.807) is 0 Å². The first-order valence-corrected chi connectivity index (χ1v) is 21.1. The fraction of sp³-hybridized carbons (Fsp3) is 0.143.